The summed E-state index contributed by atoms with van der Waals surface area (Å²) in [5.74, 6) is 0. The summed E-state index contributed by atoms with van der Waals surface area (Å²) in [5, 5.41) is 11.2. The quantitative estimate of drug-likeness (QED) is 0.862. The highest BCUT2D eigenvalue weighted by Gasteiger charge is 2.35. The van der Waals surface area contributed by atoms with Gasteiger partial charge in [-0.15, -0.1) is 0 Å². The third kappa shape index (κ3) is 4.79. The van der Waals surface area contributed by atoms with E-state index < -0.39 is 15.6 Å². The lowest BCUT2D eigenvalue weighted by Crippen LogP contribution is -2.53. The predicted octanol–water partition coefficient (Wildman–Crippen LogP) is 1.77. The number of benzene rings is 1. The van der Waals surface area contributed by atoms with Crippen molar-refractivity contribution >= 4 is 27.7 Å². The Hall–Kier alpha value is -0.920. The average Bonchev–Trinajstić information content (AvgIpc) is 2.47. The van der Waals surface area contributed by atoms with Crippen molar-refractivity contribution in [3.63, 3.8) is 0 Å². The molecule has 1 aromatic carbocycles. The molecule has 0 amide bonds. The topological polar surface area (TPSA) is 75.6 Å². The molecule has 2 N–H and O–H groups in total. The Labute approximate surface area is 129 Å². The van der Waals surface area contributed by atoms with Crippen LogP contribution in [0.1, 0.15) is 18.4 Å². The molecule has 0 radical (unpaired) electrons. The van der Waals surface area contributed by atoms with Gasteiger partial charge in [-0.2, -0.15) is 0 Å². The van der Waals surface area contributed by atoms with E-state index in [-0.39, 0.29) is 6.61 Å². The van der Waals surface area contributed by atoms with E-state index in [1.54, 1.807) is 24.3 Å². The zero-order valence-electron chi connectivity index (χ0n) is 11.5. The summed E-state index contributed by atoms with van der Waals surface area (Å²) in [7, 11) is -3.64. The number of hydrogen-bond donors (Lipinski definition) is 2. The standard InChI is InChI=1S/C14H18ClNO4S/c15-13-3-1-12(2-4-13)5-10-21(18,19)16-14(11-17)6-8-20-9-7-14/h1-5,10,16-17H,6-9,11H2/b10-5+. The lowest BCUT2D eigenvalue weighted by atomic mass is 9.93. The first kappa shape index (κ1) is 16.5. The summed E-state index contributed by atoms with van der Waals surface area (Å²) in [6.45, 7) is 0.623. The van der Waals surface area contributed by atoms with Crippen LogP contribution >= 0.6 is 11.6 Å². The monoisotopic (exact) mass is 331 g/mol. The first-order valence-electron chi connectivity index (χ1n) is 6.61. The highest BCUT2D eigenvalue weighted by Crippen LogP contribution is 2.21. The maximum Gasteiger partial charge on any atom is 0.234 e. The van der Waals surface area contributed by atoms with Gasteiger partial charge in [0.05, 0.1) is 12.1 Å². The number of aliphatic hydroxyl groups is 1. The predicted molar refractivity (Wildman–Crippen MR) is 82.4 cm³/mol. The number of rotatable bonds is 5. The van der Waals surface area contributed by atoms with E-state index in [1.807, 2.05) is 0 Å². The summed E-state index contributed by atoms with van der Waals surface area (Å²) in [6, 6.07) is 6.83. The maximum absolute atomic E-state index is 12.1. The lowest BCUT2D eigenvalue weighted by molar-refractivity contribution is 0.0224. The van der Waals surface area contributed by atoms with Crippen LogP contribution < -0.4 is 4.72 Å². The van der Waals surface area contributed by atoms with Crippen molar-refractivity contribution in [3.8, 4) is 0 Å². The SMILES string of the molecule is O=S(=O)(/C=C/c1ccc(Cl)cc1)NC1(CO)CCOCC1. The second-order valence-corrected chi connectivity index (χ2v) is 7.05. The van der Waals surface area contributed by atoms with E-state index in [0.29, 0.717) is 31.1 Å². The van der Waals surface area contributed by atoms with Gasteiger partial charge < -0.3 is 9.84 Å². The summed E-state index contributed by atoms with van der Waals surface area (Å²) >= 11 is 5.77. The van der Waals surface area contributed by atoms with Gasteiger partial charge in [0.25, 0.3) is 0 Å². The van der Waals surface area contributed by atoms with Gasteiger partial charge in [0.15, 0.2) is 0 Å². The van der Waals surface area contributed by atoms with Crippen molar-refractivity contribution in [1.82, 2.24) is 4.72 Å². The van der Waals surface area contributed by atoms with E-state index in [4.69, 9.17) is 16.3 Å². The number of nitrogens with one attached hydrogen (secondary N) is 1. The van der Waals surface area contributed by atoms with E-state index in [1.165, 1.54) is 6.08 Å². The van der Waals surface area contributed by atoms with Crippen molar-refractivity contribution in [3.05, 3.63) is 40.3 Å². The summed E-state index contributed by atoms with van der Waals surface area (Å²) in [6.07, 6.45) is 2.40. The number of halogens is 1. The molecule has 0 unspecified atom stereocenters. The van der Waals surface area contributed by atoms with Crippen LogP contribution in [-0.4, -0.2) is 38.9 Å². The van der Waals surface area contributed by atoms with Crippen molar-refractivity contribution in [1.29, 1.82) is 0 Å². The van der Waals surface area contributed by atoms with Crippen molar-refractivity contribution < 1.29 is 18.3 Å². The second-order valence-electron chi connectivity index (χ2n) is 5.05. The Morgan fingerprint density at radius 1 is 1.29 bits per heavy atom. The molecule has 116 valence electrons. The Morgan fingerprint density at radius 2 is 1.90 bits per heavy atom. The third-order valence-corrected chi connectivity index (χ3v) is 4.88. The summed E-state index contributed by atoms with van der Waals surface area (Å²) in [5.41, 5.74) is -0.101. The number of aliphatic hydroxyl groups excluding tert-OH is 1. The Kier molecular flexibility index (Phi) is 5.40. The summed E-state index contributed by atoms with van der Waals surface area (Å²) in [4.78, 5) is 0. The van der Waals surface area contributed by atoms with Crippen LogP contribution in [-0.2, 0) is 14.8 Å². The average molecular weight is 332 g/mol. The minimum atomic E-state index is -3.64. The molecule has 0 atom stereocenters. The van der Waals surface area contributed by atoms with Crippen LogP contribution in [0.4, 0.5) is 0 Å². The van der Waals surface area contributed by atoms with Crippen LogP contribution in [0.15, 0.2) is 29.7 Å². The zero-order valence-corrected chi connectivity index (χ0v) is 13.0. The molecule has 1 heterocycles. The molecule has 0 aromatic heterocycles. The van der Waals surface area contributed by atoms with E-state index >= 15 is 0 Å². The maximum atomic E-state index is 12.1. The molecule has 0 aliphatic carbocycles. The van der Waals surface area contributed by atoms with Crippen LogP contribution in [0.25, 0.3) is 6.08 Å². The fourth-order valence-corrected chi connectivity index (χ4v) is 3.53. The number of ether oxygens (including phenoxy) is 1. The number of sulfonamides is 1. The van der Waals surface area contributed by atoms with E-state index in [9.17, 15) is 13.5 Å². The fourth-order valence-electron chi connectivity index (χ4n) is 2.13. The van der Waals surface area contributed by atoms with Gasteiger partial charge in [-0.3, -0.25) is 0 Å². The molecule has 1 aromatic rings. The highest BCUT2D eigenvalue weighted by atomic mass is 35.5. The van der Waals surface area contributed by atoms with Gasteiger partial charge >= 0.3 is 0 Å². The van der Waals surface area contributed by atoms with Gasteiger partial charge in [-0.25, -0.2) is 13.1 Å². The highest BCUT2D eigenvalue weighted by molar-refractivity contribution is 7.92. The van der Waals surface area contributed by atoms with Crippen molar-refractivity contribution in [2.24, 2.45) is 0 Å². The smallest absolute Gasteiger partial charge is 0.234 e. The van der Waals surface area contributed by atoms with Crippen LogP contribution in [0, 0.1) is 0 Å². The van der Waals surface area contributed by atoms with Gasteiger partial charge in [-0.1, -0.05) is 23.7 Å². The largest absolute Gasteiger partial charge is 0.394 e. The molecule has 1 aliphatic heterocycles. The Morgan fingerprint density at radius 3 is 2.48 bits per heavy atom. The molecular weight excluding hydrogens is 314 g/mol. The molecule has 1 fully saturated rings. The van der Waals surface area contributed by atoms with Crippen LogP contribution in [0.5, 0.6) is 0 Å². The molecule has 2 rings (SSSR count). The normalized spacial score (nSPS) is 19.0. The molecule has 7 heteroatoms. The van der Waals surface area contributed by atoms with Gasteiger partial charge in [0.1, 0.15) is 0 Å². The van der Waals surface area contributed by atoms with Crippen molar-refractivity contribution in [2.75, 3.05) is 19.8 Å². The molecule has 0 spiro atoms. The third-order valence-electron chi connectivity index (χ3n) is 3.42. The van der Waals surface area contributed by atoms with Gasteiger partial charge in [0, 0.05) is 23.6 Å². The Bertz CT molecular complexity index is 592. The van der Waals surface area contributed by atoms with Gasteiger partial charge in [0.2, 0.25) is 10.0 Å². The number of hydrogen-bond acceptors (Lipinski definition) is 4. The van der Waals surface area contributed by atoms with E-state index in [2.05, 4.69) is 4.72 Å². The van der Waals surface area contributed by atoms with Crippen LogP contribution in [0.3, 0.4) is 0 Å². The van der Waals surface area contributed by atoms with Gasteiger partial charge in [-0.05, 0) is 36.6 Å². The van der Waals surface area contributed by atoms with Crippen LogP contribution in [0.2, 0.25) is 5.02 Å². The summed E-state index contributed by atoms with van der Waals surface area (Å²) < 4.78 is 32.0. The van der Waals surface area contributed by atoms with E-state index in [0.717, 1.165) is 11.0 Å². The molecule has 1 aliphatic rings. The van der Waals surface area contributed by atoms with Crippen molar-refractivity contribution in [2.45, 2.75) is 18.4 Å². The zero-order chi connectivity index (χ0) is 15.3. The molecule has 5 nitrogen and oxygen atoms in total. The molecule has 1 saturated heterocycles. The fraction of sp³-hybridized carbons (Fsp3) is 0.429. The first-order valence-corrected chi connectivity index (χ1v) is 8.53. The lowest BCUT2D eigenvalue weighted by Gasteiger charge is -2.35. The minimum absolute atomic E-state index is 0.246. The molecular formula is C14H18ClNO4S. The second kappa shape index (κ2) is 6.89. The molecule has 0 bridgehead atoms. The Balaban J connectivity index is 2.08. The molecule has 0 saturated carbocycles. The first-order chi connectivity index (χ1) is 9.95. The minimum Gasteiger partial charge on any atom is -0.394 e. The molecule has 21 heavy (non-hydrogen) atoms.